The predicted octanol–water partition coefficient (Wildman–Crippen LogP) is 0.702. The third-order valence-corrected chi connectivity index (χ3v) is 2.08. The molecular formula is C7H10N2S. The Labute approximate surface area is 65.5 Å². The maximum Gasteiger partial charge on any atom is 0.156 e. The van der Waals surface area contributed by atoms with Gasteiger partial charge in [0.2, 0.25) is 0 Å². The van der Waals surface area contributed by atoms with Gasteiger partial charge in [0.25, 0.3) is 0 Å². The highest BCUT2D eigenvalue weighted by Gasteiger charge is 2.03. The Hall–Kier alpha value is -0.620. The van der Waals surface area contributed by atoms with E-state index in [0.29, 0.717) is 0 Å². The van der Waals surface area contributed by atoms with Crippen molar-refractivity contribution in [3.8, 4) is 12.3 Å². The third kappa shape index (κ3) is 2.32. The van der Waals surface area contributed by atoms with Gasteiger partial charge < -0.3 is 5.32 Å². The van der Waals surface area contributed by atoms with Gasteiger partial charge in [-0.2, -0.15) is 0 Å². The molecule has 0 unspecified atom stereocenters. The second-order valence-electron chi connectivity index (χ2n) is 1.92. The third-order valence-electron chi connectivity index (χ3n) is 1.13. The van der Waals surface area contributed by atoms with Gasteiger partial charge in [0.1, 0.15) is 0 Å². The number of terminal acetylenes is 1. The molecule has 0 atom stereocenters. The maximum absolute atomic E-state index is 5.09. The lowest BCUT2D eigenvalue weighted by Gasteiger charge is -1.97. The summed E-state index contributed by atoms with van der Waals surface area (Å²) in [6.45, 7) is 1.90. The minimum absolute atomic E-state index is 0.825. The molecule has 0 aliphatic carbocycles. The van der Waals surface area contributed by atoms with Gasteiger partial charge in [0.15, 0.2) is 5.17 Å². The zero-order valence-corrected chi connectivity index (χ0v) is 6.58. The molecule has 2 nitrogen and oxygen atoms in total. The van der Waals surface area contributed by atoms with Crippen molar-refractivity contribution < 1.29 is 0 Å². The van der Waals surface area contributed by atoms with Crippen molar-refractivity contribution >= 4 is 16.9 Å². The molecule has 0 aromatic heterocycles. The first kappa shape index (κ1) is 7.49. The highest BCUT2D eigenvalue weighted by atomic mass is 32.2. The van der Waals surface area contributed by atoms with E-state index in [0.717, 1.165) is 30.4 Å². The van der Waals surface area contributed by atoms with Crippen molar-refractivity contribution in [1.29, 1.82) is 0 Å². The van der Waals surface area contributed by atoms with Crippen LogP contribution in [-0.2, 0) is 0 Å². The smallest absolute Gasteiger partial charge is 0.156 e. The second kappa shape index (κ2) is 4.24. The Bertz CT molecular complexity index is 169. The second-order valence-corrected chi connectivity index (χ2v) is 3.00. The molecule has 0 aromatic rings. The van der Waals surface area contributed by atoms with Crippen LogP contribution in [0.15, 0.2) is 4.99 Å². The van der Waals surface area contributed by atoms with Crippen molar-refractivity contribution in [2.75, 3.05) is 18.8 Å². The highest BCUT2D eigenvalue weighted by molar-refractivity contribution is 8.13. The number of nitrogens with one attached hydrogen (secondary N) is 1. The number of aliphatic imine (C=N–C) groups is 1. The Morgan fingerprint density at radius 3 is 3.30 bits per heavy atom. The molecule has 10 heavy (non-hydrogen) atoms. The maximum atomic E-state index is 5.09. The molecule has 54 valence electrons. The molecule has 0 fully saturated rings. The van der Waals surface area contributed by atoms with Crippen molar-refractivity contribution in [2.24, 2.45) is 4.99 Å². The first-order chi connectivity index (χ1) is 4.93. The summed E-state index contributed by atoms with van der Waals surface area (Å²) in [5.74, 6) is 3.56. The molecule has 1 aliphatic rings. The number of nitrogens with zero attached hydrogens (tertiary/aromatic N) is 1. The van der Waals surface area contributed by atoms with E-state index < -0.39 is 0 Å². The summed E-state index contributed by atoms with van der Waals surface area (Å²) in [6.07, 6.45) is 5.91. The van der Waals surface area contributed by atoms with Crippen LogP contribution in [0.1, 0.15) is 6.42 Å². The monoisotopic (exact) mass is 154 g/mol. The van der Waals surface area contributed by atoms with Crippen molar-refractivity contribution in [3.05, 3.63) is 0 Å². The highest BCUT2D eigenvalue weighted by Crippen LogP contribution is 2.05. The normalized spacial score (nSPS) is 15.7. The number of hydrogen-bond acceptors (Lipinski definition) is 3. The van der Waals surface area contributed by atoms with E-state index in [4.69, 9.17) is 6.42 Å². The summed E-state index contributed by atoms with van der Waals surface area (Å²) in [5, 5.41) is 4.21. The summed E-state index contributed by atoms with van der Waals surface area (Å²) in [5.41, 5.74) is 0. The van der Waals surface area contributed by atoms with E-state index in [-0.39, 0.29) is 0 Å². The molecule has 0 saturated carbocycles. The summed E-state index contributed by atoms with van der Waals surface area (Å²) in [7, 11) is 0. The van der Waals surface area contributed by atoms with Crippen LogP contribution in [0.25, 0.3) is 0 Å². The van der Waals surface area contributed by atoms with Crippen LogP contribution < -0.4 is 5.32 Å². The molecule has 1 N–H and O–H groups in total. The van der Waals surface area contributed by atoms with E-state index in [1.165, 1.54) is 0 Å². The van der Waals surface area contributed by atoms with Crippen LogP contribution >= 0.6 is 11.8 Å². The summed E-state index contributed by atoms with van der Waals surface area (Å²) >= 11 is 1.70. The zero-order valence-electron chi connectivity index (χ0n) is 5.76. The fraction of sp³-hybridized carbons (Fsp3) is 0.571. The zero-order chi connectivity index (χ0) is 7.23. The van der Waals surface area contributed by atoms with Gasteiger partial charge in [-0.15, -0.1) is 12.3 Å². The molecule has 0 spiro atoms. The quantitative estimate of drug-likeness (QED) is 0.468. The fourth-order valence-electron chi connectivity index (χ4n) is 0.679. The lowest BCUT2D eigenvalue weighted by molar-refractivity contribution is 0.963. The average Bonchev–Trinajstić information content (AvgIpc) is 2.41. The SMILES string of the molecule is C#CCCSC1=NCCN1. The summed E-state index contributed by atoms with van der Waals surface area (Å²) in [6, 6.07) is 0. The van der Waals surface area contributed by atoms with Gasteiger partial charge in [-0.25, -0.2) is 0 Å². The standard InChI is InChI=1S/C7H10N2S/c1-2-3-6-10-7-8-4-5-9-7/h1H,3-6H2,(H,8,9). The molecule has 0 aromatic carbocycles. The largest absolute Gasteiger partial charge is 0.363 e. The van der Waals surface area contributed by atoms with E-state index >= 15 is 0 Å². The molecule has 1 heterocycles. The number of hydrogen-bond donors (Lipinski definition) is 1. The molecular weight excluding hydrogens is 144 g/mol. The van der Waals surface area contributed by atoms with Gasteiger partial charge in [0.05, 0.1) is 6.54 Å². The Morgan fingerprint density at radius 2 is 2.70 bits per heavy atom. The van der Waals surface area contributed by atoms with Crippen LogP contribution in [0.2, 0.25) is 0 Å². The lowest BCUT2D eigenvalue weighted by atomic mass is 10.5. The average molecular weight is 154 g/mol. The van der Waals surface area contributed by atoms with Gasteiger partial charge >= 0.3 is 0 Å². The Balaban J connectivity index is 2.08. The van der Waals surface area contributed by atoms with Crippen LogP contribution in [0, 0.1) is 12.3 Å². The fourth-order valence-corrected chi connectivity index (χ4v) is 1.48. The molecule has 0 saturated heterocycles. The number of amidine groups is 1. The lowest BCUT2D eigenvalue weighted by Crippen LogP contribution is -2.15. The van der Waals surface area contributed by atoms with Gasteiger partial charge in [-0.05, 0) is 0 Å². The Morgan fingerprint density at radius 1 is 1.80 bits per heavy atom. The minimum atomic E-state index is 0.825. The van der Waals surface area contributed by atoms with Gasteiger partial charge in [0, 0.05) is 18.7 Å². The molecule has 0 radical (unpaired) electrons. The van der Waals surface area contributed by atoms with Crippen LogP contribution in [0.4, 0.5) is 0 Å². The van der Waals surface area contributed by atoms with Crippen LogP contribution in [-0.4, -0.2) is 24.0 Å². The topological polar surface area (TPSA) is 24.4 Å². The van der Waals surface area contributed by atoms with E-state index in [1.807, 2.05) is 0 Å². The van der Waals surface area contributed by atoms with Crippen LogP contribution in [0.3, 0.4) is 0 Å². The first-order valence-electron chi connectivity index (χ1n) is 3.28. The predicted molar refractivity (Wildman–Crippen MR) is 46.2 cm³/mol. The molecule has 1 rings (SSSR count). The van der Waals surface area contributed by atoms with E-state index in [2.05, 4.69) is 16.2 Å². The van der Waals surface area contributed by atoms with E-state index in [9.17, 15) is 0 Å². The number of rotatable bonds is 2. The first-order valence-corrected chi connectivity index (χ1v) is 4.26. The van der Waals surface area contributed by atoms with Gasteiger partial charge in [-0.3, -0.25) is 4.99 Å². The molecule has 0 amide bonds. The van der Waals surface area contributed by atoms with Crippen molar-refractivity contribution in [1.82, 2.24) is 5.32 Å². The molecule has 1 aliphatic heterocycles. The summed E-state index contributed by atoms with van der Waals surface area (Å²) < 4.78 is 0. The van der Waals surface area contributed by atoms with Crippen LogP contribution in [0.5, 0.6) is 0 Å². The Kier molecular flexibility index (Phi) is 3.17. The van der Waals surface area contributed by atoms with Gasteiger partial charge in [-0.1, -0.05) is 11.8 Å². The summed E-state index contributed by atoms with van der Waals surface area (Å²) in [4.78, 5) is 4.21. The van der Waals surface area contributed by atoms with E-state index in [1.54, 1.807) is 11.8 Å². The van der Waals surface area contributed by atoms with Crippen molar-refractivity contribution in [2.45, 2.75) is 6.42 Å². The van der Waals surface area contributed by atoms with Crippen molar-refractivity contribution in [3.63, 3.8) is 0 Å². The molecule has 3 heteroatoms. The number of thioether (sulfide) groups is 1. The minimum Gasteiger partial charge on any atom is -0.363 e. The molecule has 0 bridgehead atoms.